The van der Waals surface area contributed by atoms with Gasteiger partial charge in [-0.3, -0.25) is 9.59 Å². The van der Waals surface area contributed by atoms with Crippen LogP contribution in [0.5, 0.6) is 0 Å². The maximum absolute atomic E-state index is 12.8. The van der Waals surface area contributed by atoms with Gasteiger partial charge in [-0.2, -0.15) is 0 Å². The second-order valence-corrected chi connectivity index (χ2v) is 7.98. The van der Waals surface area contributed by atoms with Gasteiger partial charge < -0.3 is 15.1 Å². The maximum Gasteiger partial charge on any atom is 0.245 e. The molecule has 5 nitrogen and oxygen atoms in total. The summed E-state index contributed by atoms with van der Waals surface area (Å²) in [6.07, 6.45) is 3.34. The van der Waals surface area contributed by atoms with Crippen LogP contribution in [-0.2, 0) is 9.59 Å². The molecule has 2 aliphatic rings. The second-order valence-electron chi connectivity index (χ2n) is 7.98. The number of nitrogens with one attached hydrogen (secondary N) is 1. The Bertz CT molecular complexity index is 417. The molecule has 2 atom stereocenters. The minimum absolute atomic E-state index is 0.0290. The van der Waals surface area contributed by atoms with E-state index in [1.54, 1.807) is 0 Å². The Kier molecular flexibility index (Phi) is 5.48. The second kappa shape index (κ2) is 6.99. The van der Waals surface area contributed by atoms with Crippen LogP contribution in [0.4, 0.5) is 0 Å². The largest absolute Gasteiger partial charge is 0.341 e. The molecule has 126 valence electrons. The zero-order chi connectivity index (χ0) is 16.3. The summed E-state index contributed by atoms with van der Waals surface area (Å²) in [7, 11) is 1.95. The highest BCUT2D eigenvalue weighted by molar-refractivity contribution is 5.88. The average Bonchev–Trinajstić information content (AvgIpc) is 3.05. The summed E-state index contributed by atoms with van der Waals surface area (Å²) in [4.78, 5) is 29.1. The standard InChI is InChI=1S/C17H31N3O2/c1-17(2,3)10-15(21)20-8-5-6-14(20)16(22)19-9-7-13(12-19)11-18-4/h13-14,18H,5-12H2,1-4H3. The van der Waals surface area contributed by atoms with Crippen LogP contribution in [0.25, 0.3) is 0 Å². The highest BCUT2D eigenvalue weighted by atomic mass is 16.2. The van der Waals surface area contributed by atoms with Gasteiger partial charge in [0.05, 0.1) is 0 Å². The van der Waals surface area contributed by atoms with Gasteiger partial charge in [-0.1, -0.05) is 20.8 Å². The number of amides is 2. The predicted molar refractivity (Wildman–Crippen MR) is 87.4 cm³/mol. The first kappa shape index (κ1) is 17.3. The van der Waals surface area contributed by atoms with Gasteiger partial charge in [0.15, 0.2) is 0 Å². The zero-order valence-corrected chi connectivity index (χ0v) is 14.5. The van der Waals surface area contributed by atoms with Crippen molar-refractivity contribution in [1.82, 2.24) is 15.1 Å². The topological polar surface area (TPSA) is 52.7 Å². The molecule has 0 spiro atoms. The molecule has 0 saturated carbocycles. The number of hydrogen-bond donors (Lipinski definition) is 1. The molecule has 2 fully saturated rings. The Hall–Kier alpha value is -1.10. The van der Waals surface area contributed by atoms with Gasteiger partial charge >= 0.3 is 0 Å². The molecule has 2 aliphatic heterocycles. The molecule has 0 aromatic heterocycles. The minimum atomic E-state index is -0.219. The predicted octanol–water partition coefficient (Wildman–Crippen LogP) is 1.48. The van der Waals surface area contributed by atoms with Gasteiger partial charge in [-0.05, 0) is 44.2 Å². The summed E-state index contributed by atoms with van der Waals surface area (Å²) < 4.78 is 0. The Balaban J connectivity index is 1.95. The van der Waals surface area contributed by atoms with Gasteiger partial charge in [0.1, 0.15) is 6.04 Å². The van der Waals surface area contributed by atoms with E-state index in [-0.39, 0.29) is 23.3 Å². The van der Waals surface area contributed by atoms with Crippen molar-refractivity contribution in [3.8, 4) is 0 Å². The lowest BCUT2D eigenvalue weighted by atomic mass is 9.91. The molecule has 22 heavy (non-hydrogen) atoms. The number of hydrogen-bond acceptors (Lipinski definition) is 3. The molecule has 5 heteroatoms. The van der Waals surface area contributed by atoms with Crippen molar-refractivity contribution < 1.29 is 9.59 Å². The minimum Gasteiger partial charge on any atom is -0.341 e. The molecular weight excluding hydrogens is 278 g/mol. The SMILES string of the molecule is CNCC1CCN(C(=O)C2CCCN2C(=O)CC(C)(C)C)C1. The van der Waals surface area contributed by atoms with Crippen LogP contribution in [0.3, 0.4) is 0 Å². The first-order chi connectivity index (χ1) is 10.3. The molecule has 0 aromatic rings. The lowest BCUT2D eigenvalue weighted by molar-refractivity contribution is -0.144. The van der Waals surface area contributed by atoms with Crippen LogP contribution in [0, 0.1) is 11.3 Å². The van der Waals surface area contributed by atoms with E-state index < -0.39 is 0 Å². The molecule has 2 heterocycles. The normalized spacial score (nSPS) is 25.8. The van der Waals surface area contributed by atoms with Gasteiger partial charge in [0.25, 0.3) is 0 Å². The van der Waals surface area contributed by atoms with Crippen molar-refractivity contribution in [2.24, 2.45) is 11.3 Å². The summed E-state index contributed by atoms with van der Waals surface area (Å²) in [5.41, 5.74) is -0.0290. The third-order valence-corrected chi connectivity index (χ3v) is 4.63. The number of nitrogens with zero attached hydrogens (tertiary/aromatic N) is 2. The van der Waals surface area contributed by atoms with E-state index in [4.69, 9.17) is 0 Å². The van der Waals surface area contributed by atoms with Crippen molar-refractivity contribution in [3.63, 3.8) is 0 Å². The molecule has 1 N–H and O–H groups in total. The molecule has 2 rings (SSSR count). The number of carbonyl (C=O) groups is 2. The molecule has 0 aliphatic carbocycles. The van der Waals surface area contributed by atoms with Crippen LogP contribution < -0.4 is 5.32 Å². The number of carbonyl (C=O) groups excluding carboxylic acids is 2. The van der Waals surface area contributed by atoms with Crippen molar-refractivity contribution >= 4 is 11.8 Å². The fourth-order valence-corrected chi connectivity index (χ4v) is 3.58. The van der Waals surface area contributed by atoms with E-state index in [1.807, 2.05) is 16.8 Å². The van der Waals surface area contributed by atoms with Crippen LogP contribution in [0.1, 0.15) is 46.5 Å². The first-order valence-corrected chi connectivity index (χ1v) is 8.54. The third-order valence-electron chi connectivity index (χ3n) is 4.63. The molecule has 2 unspecified atom stereocenters. The summed E-state index contributed by atoms with van der Waals surface area (Å²) in [5.74, 6) is 0.849. The lowest BCUT2D eigenvalue weighted by Gasteiger charge is -2.30. The van der Waals surface area contributed by atoms with Crippen molar-refractivity contribution in [1.29, 1.82) is 0 Å². The van der Waals surface area contributed by atoms with Crippen molar-refractivity contribution in [2.45, 2.75) is 52.5 Å². The summed E-state index contributed by atoms with van der Waals surface area (Å²) >= 11 is 0. The van der Waals surface area contributed by atoms with Gasteiger partial charge in [0, 0.05) is 26.1 Å². The number of rotatable bonds is 4. The summed E-state index contributed by atoms with van der Waals surface area (Å²) in [6.45, 7) is 9.57. The van der Waals surface area contributed by atoms with Crippen molar-refractivity contribution in [2.75, 3.05) is 33.2 Å². The molecule has 0 bridgehead atoms. The molecule has 0 radical (unpaired) electrons. The summed E-state index contributed by atoms with van der Waals surface area (Å²) in [5, 5.41) is 3.19. The summed E-state index contributed by atoms with van der Waals surface area (Å²) in [6, 6.07) is -0.219. The highest BCUT2D eigenvalue weighted by Crippen LogP contribution is 2.27. The number of likely N-dealkylation sites (tertiary alicyclic amines) is 2. The van der Waals surface area contributed by atoms with E-state index >= 15 is 0 Å². The van der Waals surface area contributed by atoms with Crippen molar-refractivity contribution in [3.05, 3.63) is 0 Å². The Labute approximate surface area is 134 Å². The smallest absolute Gasteiger partial charge is 0.245 e. The fraction of sp³-hybridized carbons (Fsp3) is 0.882. The molecule has 2 saturated heterocycles. The maximum atomic E-state index is 12.8. The third kappa shape index (κ3) is 4.22. The Morgan fingerprint density at radius 1 is 1.18 bits per heavy atom. The zero-order valence-electron chi connectivity index (χ0n) is 14.5. The fourth-order valence-electron chi connectivity index (χ4n) is 3.58. The molecule has 2 amide bonds. The van der Waals surface area contributed by atoms with Crippen LogP contribution in [-0.4, -0.2) is 60.9 Å². The average molecular weight is 309 g/mol. The van der Waals surface area contributed by atoms with E-state index in [9.17, 15) is 9.59 Å². The molecule has 0 aromatic carbocycles. The lowest BCUT2D eigenvalue weighted by Crippen LogP contribution is -2.47. The Morgan fingerprint density at radius 3 is 2.55 bits per heavy atom. The monoisotopic (exact) mass is 309 g/mol. The first-order valence-electron chi connectivity index (χ1n) is 8.54. The van der Waals surface area contributed by atoms with Gasteiger partial charge in [0.2, 0.25) is 11.8 Å². The Morgan fingerprint density at radius 2 is 1.91 bits per heavy atom. The van der Waals surface area contributed by atoms with Crippen LogP contribution >= 0.6 is 0 Å². The quantitative estimate of drug-likeness (QED) is 0.856. The van der Waals surface area contributed by atoms with Crippen LogP contribution in [0.15, 0.2) is 0 Å². The van der Waals surface area contributed by atoms with E-state index in [1.165, 1.54) is 0 Å². The molecular formula is C17H31N3O2. The van der Waals surface area contributed by atoms with Crippen LogP contribution in [0.2, 0.25) is 0 Å². The van der Waals surface area contributed by atoms with Gasteiger partial charge in [-0.25, -0.2) is 0 Å². The van der Waals surface area contributed by atoms with Gasteiger partial charge in [-0.15, -0.1) is 0 Å². The van der Waals surface area contributed by atoms with E-state index in [2.05, 4.69) is 26.1 Å². The highest BCUT2D eigenvalue weighted by Gasteiger charge is 2.39. The van der Waals surface area contributed by atoms with E-state index in [0.29, 0.717) is 12.3 Å². The van der Waals surface area contributed by atoms with E-state index in [0.717, 1.165) is 45.4 Å².